The molecule has 7 heteroatoms. The fourth-order valence-corrected chi connectivity index (χ4v) is 3.38. The Bertz CT molecular complexity index is 658. The summed E-state index contributed by atoms with van der Waals surface area (Å²) in [6, 6.07) is 8.21. The Hall–Kier alpha value is -2.25. The summed E-state index contributed by atoms with van der Waals surface area (Å²) < 4.78 is 11.1. The van der Waals surface area contributed by atoms with E-state index in [0.29, 0.717) is 18.8 Å². The van der Waals surface area contributed by atoms with Gasteiger partial charge in [0.05, 0.1) is 0 Å². The Morgan fingerprint density at radius 2 is 1.28 bits per heavy atom. The SMILES string of the molecule is CCCCOCN1C(=O)N(COCCCC)C(=O)C(CC)(c2ccccc2)C1=O. The number of imide groups is 2. The monoisotopic (exact) mass is 404 g/mol. The highest BCUT2D eigenvalue weighted by atomic mass is 16.5. The minimum atomic E-state index is -1.46. The number of ether oxygens (including phenoxy) is 2. The summed E-state index contributed by atoms with van der Waals surface area (Å²) >= 11 is 0. The number of rotatable bonds is 12. The van der Waals surface area contributed by atoms with Crippen molar-refractivity contribution >= 4 is 17.8 Å². The van der Waals surface area contributed by atoms with Crippen LogP contribution >= 0.6 is 0 Å². The second-order valence-corrected chi connectivity index (χ2v) is 7.16. The van der Waals surface area contributed by atoms with Crippen LogP contribution < -0.4 is 0 Å². The lowest BCUT2D eigenvalue weighted by Crippen LogP contribution is -2.67. The average molecular weight is 405 g/mol. The van der Waals surface area contributed by atoms with E-state index in [4.69, 9.17) is 9.47 Å². The van der Waals surface area contributed by atoms with Crippen molar-refractivity contribution in [3.8, 4) is 0 Å². The normalized spacial score (nSPS) is 16.6. The molecule has 0 bridgehead atoms. The molecule has 160 valence electrons. The summed E-state index contributed by atoms with van der Waals surface area (Å²) in [5.41, 5.74) is -0.890. The molecule has 1 aliphatic rings. The van der Waals surface area contributed by atoms with E-state index in [1.807, 2.05) is 19.9 Å². The van der Waals surface area contributed by atoms with E-state index in [2.05, 4.69) is 0 Å². The van der Waals surface area contributed by atoms with Crippen LogP contribution in [-0.2, 0) is 24.5 Å². The highest BCUT2D eigenvalue weighted by Gasteiger charge is 2.57. The number of nitrogens with zero attached hydrogens (tertiary/aromatic N) is 2. The molecule has 0 spiro atoms. The topological polar surface area (TPSA) is 76.2 Å². The van der Waals surface area contributed by atoms with Crippen LogP contribution in [0.1, 0.15) is 58.4 Å². The molecular formula is C22H32N2O5. The molecule has 0 aromatic heterocycles. The lowest BCUT2D eigenvalue weighted by Gasteiger charge is -2.43. The van der Waals surface area contributed by atoms with Crippen molar-refractivity contribution in [3.63, 3.8) is 0 Å². The van der Waals surface area contributed by atoms with Gasteiger partial charge >= 0.3 is 6.03 Å². The van der Waals surface area contributed by atoms with E-state index < -0.39 is 23.3 Å². The van der Waals surface area contributed by atoms with Crippen LogP contribution in [-0.4, -0.2) is 54.3 Å². The second kappa shape index (κ2) is 11.1. The minimum Gasteiger partial charge on any atom is -0.360 e. The molecule has 1 heterocycles. The summed E-state index contributed by atoms with van der Waals surface area (Å²) in [7, 11) is 0. The lowest BCUT2D eigenvalue weighted by molar-refractivity contribution is -0.159. The predicted molar refractivity (Wildman–Crippen MR) is 109 cm³/mol. The third-order valence-electron chi connectivity index (χ3n) is 5.20. The van der Waals surface area contributed by atoms with E-state index in [1.54, 1.807) is 31.2 Å². The number of benzene rings is 1. The van der Waals surface area contributed by atoms with Crippen molar-refractivity contribution in [2.75, 3.05) is 26.7 Å². The van der Waals surface area contributed by atoms with Gasteiger partial charge in [-0.2, -0.15) is 0 Å². The van der Waals surface area contributed by atoms with E-state index in [-0.39, 0.29) is 19.9 Å². The van der Waals surface area contributed by atoms with Gasteiger partial charge in [0.2, 0.25) is 0 Å². The maximum absolute atomic E-state index is 13.4. The average Bonchev–Trinajstić information content (AvgIpc) is 2.74. The van der Waals surface area contributed by atoms with Crippen LogP contribution in [0.25, 0.3) is 0 Å². The molecule has 1 fully saturated rings. The molecule has 1 aromatic carbocycles. The molecule has 1 aromatic rings. The third-order valence-corrected chi connectivity index (χ3v) is 5.20. The van der Waals surface area contributed by atoms with Crippen LogP contribution in [0.5, 0.6) is 0 Å². The van der Waals surface area contributed by atoms with Crippen LogP contribution in [0.4, 0.5) is 4.79 Å². The quantitative estimate of drug-likeness (QED) is 0.392. The molecule has 7 nitrogen and oxygen atoms in total. The Kier molecular flexibility index (Phi) is 8.79. The van der Waals surface area contributed by atoms with Gasteiger partial charge < -0.3 is 9.47 Å². The van der Waals surface area contributed by atoms with E-state index in [9.17, 15) is 14.4 Å². The van der Waals surface area contributed by atoms with Gasteiger partial charge in [-0.05, 0) is 24.8 Å². The van der Waals surface area contributed by atoms with Crippen molar-refractivity contribution in [2.24, 2.45) is 0 Å². The Labute approximate surface area is 172 Å². The number of urea groups is 1. The highest BCUT2D eigenvalue weighted by molar-refractivity contribution is 6.22. The number of hydrogen-bond donors (Lipinski definition) is 0. The summed E-state index contributed by atoms with van der Waals surface area (Å²) in [4.78, 5) is 41.9. The van der Waals surface area contributed by atoms with Gasteiger partial charge in [0, 0.05) is 13.2 Å². The number of barbiturate groups is 1. The molecule has 0 atom stereocenters. The fraction of sp³-hybridized carbons (Fsp3) is 0.591. The number of hydrogen-bond acceptors (Lipinski definition) is 5. The van der Waals surface area contributed by atoms with E-state index in [0.717, 1.165) is 35.5 Å². The van der Waals surface area contributed by atoms with Crippen molar-refractivity contribution in [1.29, 1.82) is 0 Å². The first-order valence-electron chi connectivity index (χ1n) is 10.4. The molecule has 0 unspecified atom stereocenters. The Balaban J connectivity index is 2.36. The van der Waals surface area contributed by atoms with Gasteiger partial charge in [-0.3, -0.25) is 9.59 Å². The van der Waals surface area contributed by atoms with E-state index in [1.165, 1.54) is 0 Å². The summed E-state index contributed by atoms with van der Waals surface area (Å²) in [5.74, 6) is -1.08. The van der Waals surface area contributed by atoms with Gasteiger partial charge in [-0.25, -0.2) is 14.6 Å². The van der Waals surface area contributed by atoms with E-state index >= 15 is 0 Å². The van der Waals surface area contributed by atoms with Crippen molar-refractivity contribution < 1.29 is 23.9 Å². The standard InChI is InChI=1S/C22H32N2O5/c1-4-7-14-28-16-23-19(25)22(6-3,18-12-10-9-11-13-18)20(26)24(21(23)27)17-29-15-8-5-2/h9-13H,4-8,14-17H2,1-3H3. The first-order valence-corrected chi connectivity index (χ1v) is 10.4. The van der Waals surface area contributed by atoms with Crippen molar-refractivity contribution in [1.82, 2.24) is 9.80 Å². The molecule has 0 N–H and O–H groups in total. The zero-order valence-corrected chi connectivity index (χ0v) is 17.7. The molecule has 0 radical (unpaired) electrons. The van der Waals surface area contributed by atoms with Crippen LogP contribution in [0.15, 0.2) is 30.3 Å². The van der Waals surface area contributed by atoms with Crippen LogP contribution in [0.3, 0.4) is 0 Å². The molecule has 0 aliphatic carbocycles. The van der Waals surface area contributed by atoms with Gasteiger partial charge in [0.15, 0.2) is 5.41 Å². The molecule has 2 rings (SSSR count). The van der Waals surface area contributed by atoms with Gasteiger partial charge in [0.25, 0.3) is 11.8 Å². The van der Waals surface area contributed by atoms with Gasteiger partial charge in [-0.1, -0.05) is 63.9 Å². The zero-order valence-electron chi connectivity index (χ0n) is 17.7. The summed E-state index contributed by atoms with van der Waals surface area (Å²) in [6.45, 7) is 6.39. The zero-order chi connectivity index (χ0) is 21.3. The maximum atomic E-state index is 13.4. The Morgan fingerprint density at radius 1 is 0.793 bits per heavy atom. The lowest BCUT2D eigenvalue weighted by atomic mass is 9.74. The number of unbranched alkanes of at least 4 members (excludes halogenated alkanes) is 2. The van der Waals surface area contributed by atoms with Crippen LogP contribution in [0.2, 0.25) is 0 Å². The molecule has 0 saturated carbocycles. The van der Waals surface area contributed by atoms with Gasteiger partial charge in [-0.15, -0.1) is 0 Å². The molecule has 4 amide bonds. The first kappa shape index (κ1) is 23.0. The smallest absolute Gasteiger partial charge is 0.337 e. The largest absolute Gasteiger partial charge is 0.360 e. The molecule has 1 saturated heterocycles. The van der Waals surface area contributed by atoms with Crippen molar-refractivity contribution in [2.45, 2.75) is 58.3 Å². The summed E-state index contributed by atoms with van der Waals surface area (Å²) in [6.07, 6.45) is 3.79. The second-order valence-electron chi connectivity index (χ2n) is 7.16. The number of amides is 4. The first-order chi connectivity index (χ1) is 14.0. The predicted octanol–water partition coefficient (Wildman–Crippen LogP) is 3.67. The molecule has 29 heavy (non-hydrogen) atoms. The molecule has 1 aliphatic heterocycles. The fourth-order valence-electron chi connectivity index (χ4n) is 3.38. The highest BCUT2D eigenvalue weighted by Crippen LogP contribution is 2.36. The van der Waals surface area contributed by atoms with Crippen molar-refractivity contribution in [3.05, 3.63) is 35.9 Å². The number of carbonyl (C=O) groups excluding carboxylic acids is 3. The molecular weight excluding hydrogens is 372 g/mol. The van der Waals surface area contributed by atoms with Crippen LogP contribution in [0, 0.1) is 0 Å². The third kappa shape index (κ3) is 4.85. The minimum absolute atomic E-state index is 0.176. The Morgan fingerprint density at radius 3 is 1.69 bits per heavy atom. The van der Waals surface area contributed by atoms with Gasteiger partial charge in [0.1, 0.15) is 13.5 Å². The number of carbonyl (C=O) groups is 3. The summed E-state index contributed by atoms with van der Waals surface area (Å²) in [5, 5.41) is 0. The maximum Gasteiger partial charge on any atom is 0.337 e.